The number of aliphatic hydroxyl groups excluding tert-OH is 1. The van der Waals surface area contributed by atoms with Gasteiger partial charge in [0.15, 0.2) is 5.13 Å². The van der Waals surface area contributed by atoms with Crippen LogP contribution in [0.1, 0.15) is 46.4 Å². The zero-order chi connectivity index (χ0) is 19.5. The first kappa shape index (κ1) is 19.9. The van der Waals surface area contributed by atoms with Gasteiger partial charge in [0.05, 0.1) is 12.2 Å². The second kappa shape index (κ2) is 7.83. The molecule has 26 heavy (non-hydrogen) atoms. The Kier molecular flexibility index (Phi) is 5.98. The Morgan fingerprint density at radius 2 is 2.00 bits per heavy atom. The smallest absolute Gasteiger partial charge is 0.416 e. The summed E-state index contributed by atoms with van der Waals surface area (Å²) in [4.78, 5) is 27.0. The molecule has 140 valence electrons. The van der Waals surface area contributed by atoms with Crippen molar-refractivity contribution in [2.45, 2.75) is 26.1 Å². The van der Waals surface area contributed by atoms with Crippen LogP contribution in [0.15, 0.2) is 24.3 Å². The number of esters is 1. The Balaban J connectivity index is 2.54. The Labute approximate surface area is 150 Å². The van der Waals surface area contributed by atoms with Crippen molar-refractivity contribution in [2.75, 3.05) is 11.9 Å². The van der Waals surface area contributed by atoms with Crippen LogP contribution in [0, 0.1) is 0 Å². The van der Waals surface area contributed by atoms with Gasteiger partial charge in [-0.05, 0) is 18.6 Å². The van der Waals surface area contributed by atoms with E-state index in [-0.39, 0.29) is 22.3 Å². The summed E-state index contributed by atoms with van der Waals surface area (Å²) in [7, 11) is 0. The summed E-state index contributed by atoms with van der Waals surface area (Å²) in [6.45, 7) is 2.80. The fourth-order valence-electron chi connectivity index (χ4n) is 2.21. The van der Waals surface area contributed by atoms with E-state index in [0.717, 1.165) is 12.1 Å². The van der Waals surface area contributed by atoms with Crippen LogP contribution in [0.25, 0.3) is 0 Å². The molecular formula is C16H15F3N2O4S. The van der Waals surface area contributed by atoms with Gasteiger partial charge in [-0.15, -0.1) is 0 Å². The summed E-state index contributed by atoms with van der Waals surface area (Å²) in [6.07, 6.45) is -6.52. The number of aliphatic hydroxyl groups is 1. The number of thiazole rings is 1. The second-order valence-corrected chi connectivity index (χ2v) is 6.12. The Bertz CT molecular complexity index is 820. The first-order valence-electron chi connectivity index (χ1n) is 7.44. The van der Waals surface area contributed by atoms with Crippen LogP contribution < -0.4 is 5.32 Å². The van der Waals surface area contributed by atoms with E-state index < -0.39 is 35.3 Å². The molecule has 2 rings (SSSR count). The summed E-state index contributed by atoms with van der Waals surface area (Å²) in [5.41, 5.74) is -1.81. The highest BCUT2D eigenvalue weighted by atomic mass is 32.1. The van der Waals surface area contributed by atoms with Crippen molar-refractivity contribution < 1.29 is 32.6 Å². The minimum absolute atomic E-state index is 0.0286. The molecule has 0 aliphatic carbocycles. The number of alkyl halides is 3. The molecule has 0 saturated carbocycles. The van der Waals surface area contributed by atoms with E-state index in [1.807, 2.05) is 0 Å². The highest BCUT2D eigenvalue weighted by Gasteiger charge is 2.36. The SMILES string of the molecule is CCOC(=O)c1sc(NC(C)=O)nc1C(O)c1ccccc1C(F)(F)F. The number of amides is 1. The number of hydrogen-bond acceptors (Lipinski definition) is 6. The van der Waals surface area contributed by atoms with E-state index in [9.17, 15) is 27.9 Å². The molecule has 1 heterocycles. The van der Waals surface area contributed by atoms with Crippen LogP contribution in [0.5, 0.6) is 0 Å². The number of benzene rings is 1. The number of anilines is 1. The summed E-state index contributed by atoms with van der Waals surface area (Å²) in [6, 6.07) is 4.44. The first-order chi connectivity index (χ1) is 12.1. The molecular weight excluding hydrogens is 373 g/mol. The molecule has 0 aliphatic rings. The van der Waals surface area contributed by atoms with E-state index in [1.165, 1.54) is 19.1 Å². The maximum Gasteiger partial charge on any atom is 0.416 e. The van der Waals surface area contributed by atoms with E-state index >= 15 is 0 Å². The fraction of sp³-hybridized carbons (Fsp3) is 0.312. The highest BCUT2D eigenvalue weighted by Crippen LogP contribution is 2.38. The summed E-state index contributed by atoms with van der Waals surface area (Å²) in [5, 5.41) is 12.8. The summed E-state index contributed by atoms with van der Waals surface area (Å²) >= 11 is 0.713. The minimum Gasteiger partial charge on any atom is -0.462 e. The van der Waals surface area contributed by atoms with E-state index in [1.54, 1.807) is 6.92 Å². The van der Waals surface area contributed by atoms with Crippen molar-refractivity contribution in [2.24, 2.45) is 0 Å². The van der Waals surface area contributed by atoms with Gasteiger partial charge in [0, 0.05) is 6.92 Å². The van der Waals surface area contributed by atoms with Gasteiger partial charge in [0.1, 0.15) is 16.7 Å². The van der Waals surface area contributed by atoms with E-state index in [4.69, 9.17) is 4.74 Å². The molecule has 0 bridgehead atoms. The molecule has 2 N–H and O–H groups in total. The molecule has 1 atom stereocenters. The Morgan fingerprint density at radius 1 is 1.35 bits per heavy atom. The molecule has 0 radical (unpaired) electrons. The third-order valence-electron chi connectivity index (χ3n) is 3.22. The van der Waals surface area contributed by atoms with Crippen LogP contribution in [0.3, 0.4) is 0 Å². The lowest BCUT2D eigenvalue weighted by molar-refractivity contribution is -0.139. The Hall–Kier alpha value is -2.46. The maximum absolute atomic E-state index is 13.2. The molecule has 1 aromatic heterocycles. The normalized spacial score (nSPS) is 12.5. The van der Waals surface area contributed by atoms with Gasteiger partial charge in [-0.3, -0.25) is 4.79 Å². The summed E-state index contributed by atoms with van der Waals surface area (Å²) in [5.74, 6) is -1.33. The van der Waals surface area contributed by atoms with Crippen LogP contribution in [0.2, 0.25) is 0 Å². The van der Waals surface area contributed by atoms with Crippen molar-refractivity contribution in [3.05, 3.63) is 46.0 Å². The number of rotatable bonds is 5. The van der Waals surface area contributed by atoms with Gasteiger partial charge < -0.3 is 15.2 Å². The first-order valence-corrected chi connectivity index (χ1v) is 8.26. The van der Waals surface area contributed by atoms with Gasteiger partial charge in [0.2, 0.25) is 5.91 Å². The lowest BCUT2D eigenvalue weighted by Gasteiger charge is -2.17. The zero-order valence-corrected chi connectivity index (χ0v) is 14.6. The van der Waals surface area contributed by atoms with Crippen molar-refractivity contribution >= 4 is 28.3 Å². The number of carbonyl (C=O) groups is 2. The number of carbonyl (C=O) groups excluding carboxylic acids is 2. The van der Waals surface area contributed by atoms with E-state index in [0.29, 0.717) is 11.3 Å². The second-order valence-electron chi connectivity index (χ2n) is 5.12. The van der Waals surface area contributed by atoms with Crippen LogP contribution >= 0.6 is 11.3 Å². The maximum atomic E-state index is 13.2. The van der Waals surface area contributed by atoms with Crippen LogP contribution in [-0.4, -0.2) is 28.6 Å². The van der Waals surface area contributed by atoms with Gasteiger partial charge in [0.25, 0.3) is 0 Å². The van der Waals surface area contributed by atoms with Gasteiger partial charge in [-0.1, -0.05) is 29.5 Å². The molecule has 0 saturated heterocycles. The predicted octanol–water partition coefficient (Wildman–Crippen LogP) is 3.38. The lowest BCUT2D eigenvalue weighted by Crippen LogP contribution is -2.15. The number of halogens is 3. The molecule has 0 spiro atoms. The average Bonchev–Trinajstić information content (AvgIpc) is 2.96. The Morgan fingerprint density at radius 3 is 2.58 bits per heavy atom. The average molecular weight is 388 g/mol. The molecule has 1 aromatic carbocycles. The standard InChI is InChI=1S/C16H15F3N2O4S/c1-3-25-14(24)13-11(21-15(26-13)20-8(2)22)12(23)9-6-4-5-7-10(9)16(17,18)19/h4-7,12,23H,3H2,1-2H3,(H,20,21,22). The predicted molar refractivity (Wildman–Crippen MR) is 87.9 cm³/mol. The molecule has 2 aromatic rings. The largest absolute Gasteiger partial charge is 0.462 e. The number of hydrogen-bond donors (Lipinski definition) is 2. The van der Waals surface area contributed by atoms with Crippen LogP contribution in [0.4, 0.5) is 18.3 Å². The third kappa shape index (κ3) is 4.38. The van der Waals surface area contributed by atoms with Crippen molar-refractivity contribution in [3.63, 3.8) is 0 Å². The summed E-state index contributed by atoms with van der Waals surface area (Å²) < 4.78 is 44.5. The molecule has 0 fully saturated rings. The number of aromatic nitrogens is 1. The molecule has 1 amide bonds. The van der Waals surface area contributed by atoms with Gasteiger partial charge in [-0.25, -0.2) is 9.78 Å². The molecule has 0 aliphatic heterocycles. The molecule has 6 nitrogen and oxygen atoms in total. The number of ether oxygens (including phenoxy) is 1. The topological polar surface area (TPSA) is 88.5 Å². The lowest BCUT2D eigenvalue weighted by atomic mass is 9.99. The third-order valence-corrected chi connectivity index (χ3v) is 4.18. The number of nitrogens with zero attached hydrogens (tertiary/aromatic N) is 1. The molecule has 1 unspecified atom stereocenters. The monoisotopic (exact) mass is 388 g/mol. The van der Waals surface area contributed by atoms with Crippen molar-refractivity contribution in [1.29, 1.82) is 0 Å². The van der Waals surface area contributed by atoms with E-state index in [2.05, 4.69) is 10.3 Å². The number of nitrogens with one attached hydrogen (secondary N) is 1. The van der Waals surface area contributed by atoms with Crippen LogP contribution in [-0.2, 0) is 15.7 Å². The highest BCUT2D eigenvalue weighted by molar-refractivity contribution is 7.17. The quantitative estimate of drug-likeness (QED) is 0.767. The molecule has 10 heteroatoms. The zero-order valence-electron chi connectivity index (χ0n) is 13.8. The van der Waals surface area contributed by atoms with Gasteiger partial charge >= 0.3 is 12.1 Å². The minimum atomic E-state index is -4.70. The fourth-order valence-corrected chi connectivity index (χ4v) is 3.14. The van der Waals surface area contributed by atoms with Crippen molar-refractivity contribution in [3.8, 4) is 0 Å². The van der Waals surface area contributed by atoms with Crippen molar-refractivity contribution in [1.82, 2.24) is 4.98 Å². The van der Waals surface area contributed by atoms with Gasteiger partial charge in [-0.2, -0.15) is 13.2 Å².